The Hall–Kier alpha value is -3.06. The smallest absolute Gasteiger partial charge is 0.240 e. The van der Waals surface area contributed by atoms with E-state index in [2.05, 4.69) is 15.8 Å². The third kappa shape index (κ3) is 6.92. The molecule has 148 valence electrons. The highest BCUT2D eigenvalue weighted by molar-refractivity contribution is 6.30. The van der Waals surface area contributed by atoms with E-state index in [1.807, 2.05) is 6.92 Å². The van der Waals surface area contributed by atoms with Gasteiger partial charge in [0.25, 0.3) is 0 Å². The molecule has 0 spiro atoms. The van der Waals surface area contributed by atoms with Crippen molar-refractivity contribution >= 4 is 35.3 Å². The molecule has 7 nitrogen and oxygen atoms in total. The summed E-state index contributed by atoms with van der Waals surface area (Å²) in [6, 6.07) is 12.1. The molecule has 0 radical (unpaired) electrons. The van der Waals surface area contributed by atoms with E-state index in [0.717, 1.165) is 5.56 Å². The summed E-state index contributed by atoms with van der Waals surface area (Å²) < 4.78 is 10.7. The van der Waals surface area contributed by atoms with Gasteiger partial charge in [-0.05, 0) is 48.9 Å². The average molecular weight is 404 g/mol. The second-order valence-corrected chi connectivity index (χ2v) is 6.13. The third-order valence-electron chi connectivity index (χ3n) is 3.58. The van der Waals surface area contributed by atoms with Crippen LogP contribution in [0.25, 0.3) is 0 Å². The summed E-state index contributed by atoms with van der Waals surface area (Å²) in [5.41, 5.74) is 3.71. The molecule has 8 heteroatoms. The first-order chi connectivity index (χ1) is 13.5. The number of nitrogens with one attached hydrogen (secondary N) is 2. The topological polar surface area (TPSA) is 89.0 Å². The number of benzene rings is 2. The van der Waals surface area contributed by atoms with Gasteiger partial charge in [-0.15, -0.1) is 0 Å². The van der Waals surface area contributed by atoms with Gasteiger partial charge in [-0.1, -0.05) is 17.7 Å². The third-order valence-corrected chi connectivity index (χ3v) is 3.81. The molecule has 0 aromatic heterocycles. The van der Waals surface area contributed by atoms with E-state index in [4.69, 9.17) is 21.1 Å². The fraction of sp³-hybridized carbons (Fsp3) is 0.250. The van der Waals surface area contributed by atoms with Crippen LogP contribution in [0.5, 0.6) is 11.5 Å². The van der Waals surface area contributed by atoms with Crippen molar-refractivity contribution in [2.75, 3.05) is 19.0 Å². The molecular weight excluding hydrogens is 382 g/mol. The van der Waals surface area contributed by atoms with Crippen LogP contribution in [0.3, 0.4) is 0 Å². The minimum Gasteiger partial charge on any atom is -0.493 e. The predicted molar refractivity (Wildman–Crippen MR) is 109 cm³/mol. The normalized spacial score (nSPS) is 10.5. The van der Waals surface area contributed by atoms with E-state index in [-0.39, 0.29) is 24.7 Å². The number of carbonyl (C=O) groups is 2. The lowest BCUT2D eigenvalue weighted by Gasteiger charge is -2.09. The number of nitrogens with zero attached hydrogens (tertiary/aromatic N) is 1. The van der Waals surface area contributed by atoms with Crippen LogP contribution >= 0.6 is 11.6 Å². The van der Waals surface area contributed by atoms with Crippen LogP contribution in [0.4, 0.5) is 5.69 Å². The molecule has 0 bridgehead atoms. The van der Waals surface area contributed by atoms with Crippen molar-refractivity contribution in [3.05, 3.63) is 53.1 Å². The Kier molecular flexibility index (Phi) is 8.30. The van der Waals surface area contributed by atoms with E-state index in [0.29, 0.717) is 28.8 Å². The number of hydrogen-bond donors (Lipinski definition) is 2. The number of hydrazone groups is 1. The highest BCUT2D eigenvalue weighted by atomic mass is 35.5. The van der Waals surface area contributed by atoms with Crippen LogP contribution < -0.4 is 20.2 Å². The molecule has 0 heterocycles. The fourth-order valence-electron chi connectivity index (χ4n) is 2.29. The predicted octanol–water partition coefficient (Wildman–Crippen LogP) is 3.62. The van der Waals surface area contributed by atoms with Gasteiger partial charge in [0.2, 0.25) is 11.8 Å². The molecule has 2 aromatic rings. The molecular formula is C20H22ClN3O4. The number of ether oxygens (including phenoxy) is 2. The fourth-order valence-corrected chi connectivity index (χ4v) is 2.48. The summed E-state index contributed by atoms with van der Waals surface area (Å²) in [6.45, 7) is 2.42. The number of methoxy groups -OCH3 is 1. The van der Waals surface area contributed by atoms with Gasteiger partial charge >= 0.3 is 0 Å². The van der Waals surface area contributed by atoms with Crippen LogP contribution in [0.1, 0.15) is 25.3 Å². The zero-order valence-electron chi connectivity index (χ0n) is 15.7. The molecule has 0 fully saturated rings. The quantitative estimate of drug-likeness (QED) is 0.494. The van der Waals surface area contributed by atoms with Gasteiger partial charge in [0.05, 0.1) is 19.9 Å². The molecule has 0 saturated heterocycles. The van der Waals surface area contributed by atoms with Crippen molar-refractivity contribution < 1.29 is 19.1 Å². The maximum atomic E-state index is 11.9. The number of hydrogen-bond acceptors (Lipinski definition) is 5. The molecule has 0 aliphatic carbocycles. The van der Waals surface area contributed by atoms with Crippen molar-refractivity contribution in [1.29, 1.82) is 0 Å². The minimum absolute atomic E-state index is 0.0103. The monoisotopic (exact) mass is 403 g/mol. The molecule has 28 heavy (non-hydrogen) atoms. The van der Waals surface area contributed by atoms with Crippen LogP contribution in [0, 0.1) is 0 Å². The van der Waals surface area contributed by atoms with Crippen molar-refractivity contribution in [2.45, 2.75) is 19.8 Å². The number of carbonyl (C=O) groups excluding carboxylic acids is 2. The van der Waals surface area contributed by atoms with Crippen molar-refractivity contribution in [1.82, 2.24) is 5.43 Å². The molecule has 2 N–H and O–H groups in total. The molecule has 0 unspecified atom stereocenters. The summed E-state index contributed by atoms with van der Waals surface area (Å²) in [5.74, 6) is 0.569. The summed E-state index contributed by atoms with van der Waals surface area (Å²) >= 11 is 5.86. The van der Waals surface area contributed by atoms with Crippen molar-refractivity contribution in [2.24, 2.45) is 5.10 Å². The summed E-state index contributed by atoms with van der Waals surface area (Å²) in [7, 11) is 1.55. The number of halogens is 1. The minimum atomic E-state index is -0.365. The standard InChI is InChI=1S/C20H22ClN3O4/c1-3-28-17-8-7-14(11-18(17)27-2)13-22-24-20(26)10-9-19(25)23-16-6-4-5-15(21)12-16/h4-8,11-13H,3,9-10H2,1-2H3,(H,23,25)(H,24,26). The average Bonchev–Trinajstić information content (AvgIpc) is 2.67. The van der Waals surface area contributed by atoms with E-state index >= 15 is 0 Å². The lowest BCUT2D eigenvalue weighted by atomic mass is 10.2. The van der Waals surface area contributed by atoms with Crippen LogP contribution in [-0.2, 0) is 9.59 Å². The van der Waals surface area contributed by atoms with Gasteiger partial charge in [-0.2, -0.15) is 5.10 Å². The zero-order valence-corrected chi connectivity index (χ0v) is 16.5. The highest BCUT2D eigenvalue weighted by Crippen LogP contribution is 2.27. The summed E-state index contributed by atoms with van der Waals surface area (Å²) in [5, 5.41) is 7.10. The zero-order chi connectivity index (χ0) is 20.4. The van der Waals surface area contributed by atoms with Gasteiger partial charge in [0.1, 0.15) is 0 Å². The van der Waals surface area contributed by atoms with Gasteiger partial charge in [-0.25, -0.2) is 5.43 Å². The van der Waals surface area contributed by atoms with E-state index in [1.54, 1.807) is 49.6 Å². The second-order valence-electron chi connectivity index (χ2n) is 5.70. The van der Waals surface area contributed by atoms with E-state index in [9.17, 15) is 9.59 Å². The molecule has 0 aliphatic heterocycles. The van der Waals surface area contributed by atoms with Gasteiger partial charge in [0, 0.05) is 23.6 Å². The second kappa shape index (κ2) is 10.9. The Morgan fingerprint density at radius 1 is 1.11 bits per heavy atom. The van der Waals surface area contributed by atoms with Crippen LogP contribution in [0.15, 0.2) is 47.6 Å². The Morgan fingerprint density at radius 2 is 1.89 bits per heavy atom. The molecule has 0 aliphatic rings. The molecule has 2 rings (SSSR count). The van der Waals surface area contributed by atoms with Crippen molar-refractivity contribution in [3.63, 3.8) is 0 Å². The van der Waals surface area contributed by atoms with Gasteiger partial charge in [0.15, 0.2) is 11.5 Å². The number of anilines is 1. The van der Waals surface area contributed by atoms with E-state index in [1.165, 1.54) is 6.21 Å². The Balaban J connectivity index is 1.79. The lowest BCUT2D eigenvalue weighted by Crippen LogP contribution is -2.20. The largest absolute Gasteiger partial charge is 0.493 e. The van der Waals surface area contributed by atoms with Crippen LogP contribution in [-0.4, -0.2) is 31.7 Å². The Morgan fingerprint density at radius 3 is 2.61 bits per heavy atom. The molecule has 0 saturated carbocycles. The summed E-state index contributed by atoms with van der Waals surface area (Å²) in [6.07, 6.45) is 1.53. The molecule has 2 amide bonds. The highest BCUT2D eigenvalue weighted by Gasteiger charge is 2.07. The Labute approximate surface area is 168 Å². The van der Waals surface area contributed by atoms with E-state index < -0.39 is 0 Å². The number of rotatable bonds is 9. The SMILES string of the molecule is CCOc1ccc(C=NNC(=O)CCC(=O)Nc2cccc(Cl)c2)cc1OC. The lowest BCUT2D eigenvalue weighted by molar-refractivity contribution is -0.124. The van der Waals surface area contributed by atoms with Crippen molar-refractivity contribution in [3.8, 4) is 11.5 Å². The first kappa shape index (κ1) is 21.2. The summed E-state index contributed by atoms with van der Waals surface area (Å²) in [4.78, 5) is 23.7. The van der Waals surface area contributed by atoms with Gasteiger partial charge in [-0.3, -0.25) is 9.59 Å². The first-order valence-corrected chi connectivity index (χ1v) is 9.07. The number of amides is 2. The van der Waals surface area contributed by atoms with Crippen LogP contribution in [0.2, 0.25) is 5.02 Å². The maximum absolute atomic E-state index is 11.9. The Bertz CT molecular complexity index is 855. The molecule has 0 atom stereocenters. The first-order valence-electron chi connectivity index (χ1n) is 8.70. The van der Waals surface area contributed by atoms with Gasteiger partial charge < -0.3 is 14.8 Å². The maximum Gasteiger partial charge on any atom is 0.240 e. The molecule has 2 aromatic carbocycles.